The van der Waals surface area contributed by atoms with Crippen molar-refractivity contribution in [3.8, 4) is 0 Å². The number of halogens is 1. The molecule has 0 unspecified atom stereocenters. The number of guanidine groups is 1. The lowest BCUT2D eigenvalue weighted by molar-refractivity contribution is 0.0672. The maximum absolute atomic E-state index is 7.04. The summed E-state index contributed by atoms with van der Waals surface area (Å²) in [6.07, 6.45) is 3.18. The van der Waals surface area contributed by atoms with Crippen molar-refractivity contribution in [2.45, 2.75) is 0 Å². The molecule has 2 aliphatic rings. The number of nitrogens with zero attached hydrogens (tertiary/aromatic N) is 3. The van der Waals surface area contributed by atoms with Crippen LogP contribution in [0, 0.1) is 10.8 Å². The number of nitrogens with two attached hydrogens (primary N) is 2. The van der Waals surface area contributed by atoms with E-state index in [0.717, 1.165) is 39.4 Å². The molecular weight excluding hydrogens is 336 g/mol. The molecule has 0 aliphatic carbocycles. The average Bonchev–Trinajstić information content (AvgIpc) is 3.13. The summed E-state index contributed by atoms with van der Waals surface area (Å²) in [5.74, 6) is 0.0910. The molecule has 0 aromatic carbocycles. The molecule has 2 aliphatic heterocycles. The van der Waals surface area contributed by atoms with E-state index in [-0.39, 0.29) is 24.3 Å². The molecule has 10 nitrogen and oxygen atoms in total. The molecule has 7 N–H and O–H groups in total. The van der Waals surface area contributed by atoms with E-state index in [4.69, 9.17) is 31.8 Å². The van der Waals surface area contributed by atoms with E-state index >= 15 is 0 Å². The zero-order valence-corrected chi connectivity index (χ0v) is 14.4. The molecule has 1 aromatic heterocycles. The lowest BCUT2D eigenvalue weighted by atomic mass is 10.4. The fraction of sp³-hybridized carbons (Fsp3) is 0.615. The predicted octanol–water partition coefficient (Wildman–Crippen LogP) is -1.14. The second-order valence-corrected chi connectivity index (χ2v) is 4.68. The zero-order valence-electron chi connectivity index (χ0n) is 13.6. The van der Waals surface area contributed by atoms with Crippen molar-refractivity contribution in [2.24, 2.45) is 11.5 Å². The van der Waals surface area contributed by atoms with Crippen LogP contribution in [0.4, 0.5) is 0 Å². The van der Waals surface area contributed by atoms with Gasteiger partial charge in [-0.05, 0) is 6.07 Å². The highest BCUT2D eigenvalue weighted by molar-refractivity contribution is 5.85. The summed E-state index contributed by atoms with van der Waals surface area (Å²) >= 11 is 0. The standard InChI is InChI=1S/C5H11N3O.C4H6N4.C4H9NO.ClH/c6-5(7)8-1-3-9-4-2-8;5-4(6)8-3-1-2-7-8;1-3-6-4-2-5-1;/h1-4H2,(H3,6,7);1-3H,(H3,5,6);5H,1-4H2;1H. The highest BCUT2D eigenvalue weighted by atomic mass is 35.5. The third kappa shape index (κ3) is 10.0. The summed E-state index contributed by atoms with van der Waals surface area (Å²) in [5.41, 5.74) is 10.3. The number of aromatic nitrogens is 2. The summed E-state index contributed by atoms with van der Waals surface area (Å²) in [5, 5.41) is 20.7. The Hall–Kier alpha value is -1.88. The van der Waals surface area contributed by atoms with Crippen LogP contribution < -0.4 is 16.8 Å². The number of nitrogens with one attached hydrogen (secondary N) is 3. The molecule has 138 valence electrons. The summed E-state index contributed by atoms with van der Waals surface area (Å²) < 4.78 is 11.3. The van der Waals surface area contributed by atoms with Gasteiger partial charge in [0.05, 0.1) is 26.4 Å². The number of ether oxygens (including phenoxy) is 2. The molecule has 0 amide bonds. The predicted molar refractivity (Wildman–Crippen MR) is 94.8 cm³/mol. The highest BCUT2D eigenvalue weighted by Gasteiger charge is 2.09. The van der Waals surface area contributed by atoms with E-state index in [1.807, 2.05) is 0 Å². The minimum Gasteiger partial charge on any atom is -0.379 e. The van der Waals surface area contributed by atoms with E-state index in [9.17, 15) is 0 Å². The SMILES string of the molecule is C1COCCN1.Cl.N=C(N)N1CCOCC1.N=C(N)n1cccn1. The second-order valence-electron chi connectivity index (χ2n) is 4.68. The third-order valence-electron chi connectivity index (χ3n) is 2.95. The van der Waals surface area contributed by atoms with Crippen LogP contribution in [0.5, 0.6) is 0 Å². The maximum atomic E-state index is 7.04. The van der Waals surface area contributed by atoms with Gasteiger partial charge in [-0.3, -0.25) is 10.8 Å². The van der Waals surface area contributed by atoms with Crippen LogP contribution in [-0.2, 0) is 9.47 Å². The minimum absolute atomic E-state index is 0. The summed E-state index contributed by atoms with van der Waals surface area (Å²) in [6.45, 7) is 6.74. The number of nitrogen functional groups attached to an aromatic ring is 1. The van der Waals surface area contributed by atoms with Crippen molar-refractivity contribution in [2.75, 3.05) is 52.6 Å². The van der Waals surface area contributed by atoms with Gasteiger partial charge in [-0.15, -0.1) is 12.4 Å². The van der Waals surface area contributed by atoms with Crippen LogP contribution in [-0.4, -0.2) is 79.2 Å². The molecule has 0 saturated carbocycles. The molecule has 2 saturated heterocycles. The van der Waals surface area contributed by atoms with E-state index in [1.54, 1.807) is 23.4 Å². The van der Waals surface area contributed by atoms with Crippen LogP contribution in [0.25, 0.3) is 0 Å². The van der Waals surface area contributed by atoms with Gasteiger partial charge in [0.15, 0.2) is 5.96 Å². The molecule has 0 bridgehead atoms. The van der Waals surface area contributed by atoms with Crippen LogP contribution in [0.15, 0.2) is 18.5 Å². The largest absolute Gasteiger partial charge is 0.379 e. The molecule has 3 heterocycles. The Morgan fingerprint density at radius 3 is 1.83 bits per heavy atom. The van der Waals surface area contributed by atoms with Crippen LogP contribution in [0.3, 0.4) is 0 Å². The van der Waals surface area contributed by atoms with Crippen molar-refractivity contribution in [3.63, 3.8) is 0 Å². The molecule has 0 radical (unpaired) electrons. The Balaban J connectivity index is 0.000000330. The second kappa shape index (κ2) is 13.5. The first-order chi connectivity index (χ1) is 11.1. The molecular formula is C13H27ClN8O2. The van der Waals surface area contributed by atoms with Crippen molar-refractivity contribution >= 4 is 24.3 Å². The maximum Gasteiger partial charge on any atom is 0.213 e. The van der Waals surface area contributed by atoms with Crippen molar-refractivity contribution < 1.29 is 9.47 Å². The molecule has 1 aromatic rings. The van der Waals surface area contributed by atoms with Crippen LogP contribution in [0.2, 0.25) is 0 Å². The molecule has 11 heteroatoms. The normalized spacial score (nSPS) is 16.4. The van der Waals surface area contributed by atoms with E-state index < -0.39 is 0 Å². The number of morpholine rings is 2. The lowest BCUT2D eigenvalue weighted by Gasteiger charge is -2.26. The first kappa shape index (κ1) is 22.1. The van der Waals surface area contributed by atoms with Gasteiger partial charge in [0.2, 0.25) is 5.96 Å². The van der Waals surface area contributed by atoms with Gasteiger partial charge in [-0.2, -0.15) is 5.10 Å². The quantitative estimate of drug-likeness (QED) is 0.289. The smallest absolute Gasteiger partial charge is 0.213 e. The summed E-state index contributed by atoms with van der Waals surface area (Å²) in [6, 6.07) is 1.71. The first-order valence-electron chi connectivity index (χ1n) is 7.40. The van der Waals surface area contributed by atoms with Crippen molar-refractivity contribution in [3.05, 3.63) is 18.5 Å². The van der Waals surface area contributed by atoms with Gasteiger partial charge in [-0.1, -0.05) is 0 Å². The molecule has 2 fully saturated rings. The van der Waals surface area contributed by atoms with Gasteiger partial charge >= 0.3 is 0 Å². The van der Waals surface area contributed by atoms with E-state index in [2.05, 4.69) is 10.4 Å². The minimum atomic E-state index is -0.0602. The summed E-state index contributed by atoms with van der Waals surface area (Å²) in [7, 11) is 0. The van der Waals surface area contributed by atoms with Gasteiger partial charge < -0.3 is 31.2 Å². The lowest BCUT2D eigenvalue weighted by Crippen LogP contribution is -2.44. The Morgan fingerprint density at radius 2 is 1.58 bits per heavy atom. The molecule has 0 spiro atoms. The Morgan fingerprint density at radius 1 is 1.00 bits per heavy atom. The molecule has 0 atom stereocenters. The van der Waals surface area contributed by atoms with Crippen LogP contribution >= 0.6 is 12.4 Å². The topological polar surface area (TPSA) is 151 Å². The van der Waals surface area contributed by atoms with Gasteiger partial charge in [0, 0.05) is 38.6 Å². The van der Waals surface area contributed by atoms with Gasteiger partial charge in [0.1, 0.15) is 0 Å². The monoisotopic (exact) mass is 362 g/mol. The fourth-order valence-electron chi connectivity index (χ4n) is 1.73. The van der Waals surface area contributed by atoms with Crippen LogP contribution in [0.1, 0.15) is 0 Å². The number of hydrogen-bond acceptors (Lipinski definition) is 6. The van der Waals surface area contributed by atoms with Gasteiger partial charge in [0.25, 0.3) is 0 Å². The number of hydrogen-bond donors (Lipinski definition) is 5. The first-order valence-corrected chi connectivity index (χ1v) is 7.40. The Kier molecular flexibility index (Phi) is 12.5. The fourth-order valence-corrected chi connectivity index (χ4v) is 1.73. The van der Waals surface area contributed by atoms with Crippen molar-refractivity contribution in [1.29, 1.82) is 10.8 Å². The van der Waals surface area contributed by atoms with Crippen molar-refractivity contribution in [1.82, 2.24) is 20.0 Å². The average molecular weight is 363 g/mol. The Bertz CT molecular complexity index is 435. The summed E-state index contributed by atoms with van der Waals surface area (Å²) in [4.78, 5) is 1.80. The molecule has 24 heavy (non-hydrogen) atoms. The third-order valence-corrected chi connectivity index (χ3v) is 2.95. The Labute approximate surface area is 147 Å². The van der Waals surface area contributed by atoms with Gasteiger partial charge in [-0.25, -0.2) is 4.68 Å². The highest BCUT2D eigenvalue weighted by Crippen LogP contribution is 1.93. The molecule has 3 rings (SSSR count). The zero-order chi connectivity index (χ0) is 16.9. The number of rotatable bonds is 0. The van der Waals surface area contributed by atoms with E-state index in [0.29, 0.717) is 13.2 Å². The van der Waals surface area contributed by atoms with E-state index in [1.165, 1.54) is 4.68 Å².